The van der Waals surface area contributed by atoms with Crippen molar-refractivity contribution in [2.24, 2.45) is 11.8 Å². The van der Waals surface area contributed by atoms with Gasteiger partial charge in [0.05, 0.1) is 4.90 Å². The largest absolute Gasteiger partial charge is 0.320 e. The molecule has 0 bridgehead atoms. The van der Waals surface area contributed by atoms with Gasteiger partial charge in [0.15, 0.2) is 0 Å². The van der Waals surface area contributed by atoms with Crippen molar-refractivity contribution in [3.8, 4) is 0 Å². The van der Waals surface area contributed by atoms with Crippen LogP contribution in [0.4, 0.5) is 0 Å². The van der Waals surface area contributed by atoms with Crippen LogP contribution in [0.15, 0.2) is 29.2 Å². The molecule has 2 N–H and O–H groups in total. The summed E-state index contributed by atoms with van der Waals surface area (Å²) in [4.78, 5) is -0.0329. The molecular weight excluding hydrogens is 262 g/mol. The Hall–Kier alpha value is -0.910. The summed E-state index contributed by atoms with van der Waals surface area (Å²) in [6.07, 6.45) is 4.77. The van der Waals surface area contributed by atoms with Crippen molar-refractivity contribution in [1.29, 1.82) is 0 Å². The Morgan fingerprint density at radius 3 is 2.42 bits per heavy atom. The van der Waals surface area contributed by atoms with Crippen molar-refractivity contribution in [3.05, 3.63) is 29.8 Å². The van der Waals surface area contributed by atoms with E-state index in [4.69, 9.17) is 4.55 Å². The fraction of sp³-hybridized carbons (Fsp3) is 0.571. The SMILES string of the molecule is CNCCC(Cc1ccc(S(=O)(=O)O)cc1)C1CC1. The third-order valence-electron chi connectivity index (χ3n) is 3.77. The van der Waals surface area contributed by atoms with Crippen molar-refractivity contribution in [1.82, 2.24) is 5.32 Å². The molecule has 106 valence electrons. The highest BCUT2D eigenvalue weighted by molar-refractivity contribution is 7.85. The second-order valence-corrected chi connectivity index (χ2v) is 6.73. The molecule has 5 heteroatoms. The van der Waals surface area contributed by atoms with Crippen molar-refractivity contribution in [2.45, 2.75) is 30.6 Å². The first-order valence-electron chi connectivity index (χ1n) is 6.71. The Balaban J connectivity index is 2.01. The zero-order chi connectivity index (χ0) is 13.9. The molecule has 4 nitrogen and oxygen atoms in total. The summed E-state index contributed by atoms with van der Waals surface area (Å²) < 4.78 is 30.9. The first-order valence-corrected chi connectivity index (χ1v) is 8.15. The van der Waals surface area contributed by atoms with E-state index in [0.29, 0.717) is 5.92 Å². The molecule has 0 aliphatic heterocycles. The van der Waals surface area contributed by atoms with Gasteiger partial charge in [-0.25, -0.2) is 0 Å². The zero-order valence-electron chi connectivity index (χ0n) is 11.2. The van der Waals surface area contributed by atoms with E-state index < -0.39 is 10.1 Å². The first kappa shape index (κ1) is 14.5. The normalized spacial score (nSPS) is 17.4. The van der Waals surface area contributed by atoms with E-state index in [2.05, 4.69) is 5.32 Å². The highest BCUT2D eigenvalue weighted by atomic mass is 32.2. The highest BCUT2D eigenvalue weighted by Crippen LogP contribution is 2.40. The lowest BCUT2D eigenvalue weighted by atomic mass is 9.92. The second kappa shape index (κ2) is 6.03. The molecule has 1 aromatic rings. The standard InChI is InChI=1S/C14H21NO3S/c1-15-9-8-13(12-4-5-12)10-11-2-6-14(7-3-11)19(16,17)18/h2-3,6-7,12-13,15H,4-5,8-10H2,1H3,(H,16,17,18). The Kier molecular flexibility index (Phi) is 4.60. The van der Waals surface area contributed by atoms with E-state index in [1.54, 1.807) is 12.1 Å². The van der Waals surface area contributed by atoms with Gasteiger partial charge in [0, 0.05) is 0 Å². The summed E-state index contributed by atoms with van der Waals surface area (Å²) in [6.45, 7) is 1.02. The lowest BCUT2D eigenvalue weighted by Crippen LogP contribution is -2.16. The minimum atomic E-state index is -4.08. The number of hydrogen-bond donors (Lipinski definition) is 2. The topological polar surface area (TPSA) is 66.4 Å². The van der Waals surface area contributed by atoms with Crippen LogP contribution in [0.5, 0.6) is 0 Å². The van der Waals surface area contributed by atoms with Crippen LogP contribution in [0.2, 0.25) is 0 Å². The molecule has 19 heavy (non-hydrogen) atoms. The third kappa shape index (κ3) is 4.30. The number of benzene rings is 1. The molecule has 1 atom stereocenters. The molecule has 1 fully saturated rings. The average Bonchev–Trinajstić information content (AvgIpc) is 3.18. The minimum Gasteiger partial charge on any atom is -0.320 e. The van der Waals surface area contributed by atoms with Crippen molar-refractivity contribution < 1.29 is 13.0 Å². The van der Waals surface area contributed by atoms with Gasteiger partial charge in [-0.3, -0.25) is 4.55 Å². The summed E-state index contributed by atoms with van der Waals surface area (Å²) in [6, 6.07) is 6.56. The van der Waals surface area contributed by atoms with Crippen LogP contribution in [0.1, 0.15) is 24.8 Å². The summed E-state index contributed by atoms with van der Waals surface area (Å²) in [5.41, 5.74) is 1.14. The van der Waals surface area contributed by atoms with Crippen LogP contribution in [0.25, 0.3) is 0 Å². The molecule has 0 amide bonds. The lowest BCUT2D eigenvalue weighted by Gasteiger charge is -2.16. The van der Waals surface area contributed by atoms with E-state index in [1.807, 2.05) is 7.05 Å². The van der Waals surface area contributed by atoms with E-state index in [9.17, 15) is 8.42 Å². The highest BCUT2D eigenvalue weighted by Gasteiger charge is 2.30. The van der Waals surface area contributed by atoms with Crippen LogP contribution in [0, 0.1) is 11.8 Å². The minimum absolute atomic E-state index is 0.0329. The van der Waals surface area contributed by atoms with Crippen LogP contribution >= 0.6 is 0 Å². The predicted molar refractivity (Wildman–Crippen MR) is 74.7 cm³/mol. The van der Waals surface area contributed by atoms with E-state index in [0.717, 1.165) is 30.9 Å². The molecule has 1 unspecified atom stereocenters. The Morgan fingerprint density at radius 2 is 1.95 bits per heavy atom. The summed E-state index contributed by atoms with van der Waals surface area (Å²) in [5.74, 6) is 1.50. The Morgan fingerprint density at radius 1 is 1.32 bits per heavy atom. The maximum absolute atomic E-state index is 11.0. The quantitative estimate of drug-likeness (QED) is 0.752. The van der Waals surface area contributed by atoms with Crippen molar-refractivity contribution in [3.63, 3.8) is 0 Å². The summed E-state index contributed by atoms with van der Waals surface area (Å²) in [7, 11) is -2.11. The Labute approximate surface area is 115 Å². The fourth-order valence-corrected chi connectivity index (χ4v) is 2.98. The molecule has 1 aromatic carbocycles. The summed E-state index contributed by atoms with van der Waals surface area (Å²) in [5, 5.41) is 3.18. The predicted octanol–water partition coefficient (Wildman–Crippen LogP) is 2.11. The number of hydrogen-bond acceptors (Lipinski definition) is 3. The van der Waals surface area contributed by atoms with Crippen molar-refractivity contribution >= 4 is 10.1 Å². The monoisotopic (exact) mass is 283 g/mol. The van der Waals surface area contributed by atoms with Gasteiger partial charge in [-0.05, 0) is 68.8 Å². The summed E-state index contributed by atoms with van der Waals surface area (Å²) >= 11 is 0. The fourth-order valence-electron chi connectivity index (χ4n) is 2.50. The van der Waals surface area contributed by atoms with Crippen LogP contribution in [0.3, 0.4) is 0 Å². The van der Waals surface area contributed by atoms with E-state index in [1.165, 1.54) is 25.0 Å². The molecule has 2 rings (SSSR count). The molecule has 1 aliphatic carbocycles. The molecule has 1 aliphatic rings. The Bertz CT molecular complexity index is 506. The van der Waals surface area contributed by atoms with Gasteiger partial charge in [-0.15, -0.1) is 0 Å². The molecule has 0 saturated heterocycles. The molecule has 0 aromatic heterocycles. The van der Waals surface area contributed by atoms with Crippen LogP contribution < -0.4 is 5.32 Å². The maximum atomic E-state index is 11.0. The number of rotatable bonds is 7. The van der Waals surface area contributed by atoms with Crippen molar-refractivity contribution in [2.75, 3.05) is 13.6 Å². The van der Waals surface area contributed by atoms with Gasteiger partial charge < -0.3 is 5.32 Å². The first-order chi connectivity index (χ1) is 9.00. The van der Waals surface area contributed by atoms with E-state index in [-0.39, 0.29) is 4.90 Å². The molecule has 0 spiro atoms. The van der Waals surface area contributed by atoms with Gasteiger partial charge >= 0.3 is 0 Å². The van der Waals surface area contributed by atoms with Gasteiger partial charge in [-0.1, -0.05) is 12.1 Å². The van der Waals surface area contributed by atoms with Gasteiger partial charge in [0.1, 0.15) is 0 Å². The molecule has 0 heterocycles. The molecular formula is C14H21NO3S. The molecule has 0 radical (unpaired) electrons. The maximum Gasteiger partial charge on any atom is 0.294 e. The third-order valence-corrected chi connectivity index (χ3v) is 4.64. The van der Waals surface area contributed by atoms with Crippen LogP contribution in [-0.2, 0) is 16.5 Å². The smallest absolute Gasteiger partial charge is 0.294 e. The second-order valence-electron chi connectivity index (χ2n) is 5.31. The van der Waals surface area contributed by atoms with E-state index >= 15 is 0 Å². The number of nitrogens with one attached hydrogen (secondary N) is 1. The average molecular weight is 283 g/mol. The molecule has 1 saturated carbocycles. The van der Waals surface area contributed by atoms with Gasteiger partial charge in [-0.2, -0.15) is 8.42 Å². The lowest BCUT2D eigenvalue weighted by molar-refractivity contribution is 0.419. The van der Waals surface area contributed by atoms with Gasteiger partial charge in [0.2, 0.25) is 0 Å². The van der Waals surface area contributed by atoms with Crippen LogP contribution in [-0.4, -0.2) is 26.6 Å². The van der Waals surface area contributed by atoms with Gasteiger partial charge in [0.25, 0.3) is 10.1 Å². The zero-order valence-corrected chi connectivity index (χ0v) is 12.0.